The van der Waals surface area contributed by atoms with Gasteiger partial charge in [-0.05, 0) is 84.9 Å². The maximum Gasteiger partial charge on any atom is 0.142 e. The van der Waals surface area contributed by atoms with Gasteiger partial charge in [-0.15, -0.1) is 0 Å². The Kier molecular flexibility index (Phi) is 4.39. The molecular formula is C25H32N2O. The zero-order valence-electron chi connectivity index (χ0n) is 17.4. The van der Waals surface area contributed by atoms with Crippen LogP contribution >= 0.6 is 0 Å². The van der Waals surface area contributed by atoms with Gasteiger partial charge in [0.2, 0.25) is 0 Å². The monoisotopic (exact) mass is 376 g/mol. The molecule has 0 radical (unpaired) electrons. The van der Waals surface area contributed by atoms with Gasteiger partial charge in [0.15, 0.2) is 0 Å². The van der Waals surface area contributed by atoms with Crippen LogP contribution in [0, 0.1) is 11.8 Å². The van der Waals surface area contributed by atoms with E-state index in [0.29, 0.717) is 12.0 Å². The lowest BCUT2D eigenvalue weighted by Gasteiger charge is -2.55. The van der Waals surface area contributed by atoms with Gasteiger partial charge in [0.1, 0.15) is 5.75 Å². The number of nitrogens with zero attached hydrogens (tertiary/aromatic N) is 1. The molecule has 3 nitrogen and oxygen atoms in total. The zero-order chi connectivity index (χ0) is 19.3. The molecule has 1 heterocycles. The van der Waals surface area contributed by atoms with Crippen LogP contribution < -0.4 is 10.1 Å². The molecule has 1 N–H and O–H groups in total. The summed E-state index contributed by atoms with van der Waals surface area (Å²) in [5.41, 5.74) is 5.57. The Hall–Kier alpha value is -2.00. The third-order valence-electron chi connectivity index (χ3n) is 7.70. The minimum Gasteiger partial charge on any atom is -0.495 e. The summed E-state index contributed by atoms with van der Waals surface area (Å²) >= 11 is 0. The number of hydrogen-bond donors (Lipinski definition) is 1. The molecule has 148 valence electrons. The molecule has 2 bridgehead atoms. The molecule has 2 aromatic rings. The van der Waals surface area contributed by atoms with E-state index in [9.17, 15) is 0 Å². The molecule has 1 saturated heterocycles. The fourth-order valence-corrected chi connectivity index (χ4v) is 5.55. The van der Waals surface area contributed by atoms with Crippen LogP contribution in [-0.4, -0.2) is 31.1 Å². The summed E-state index contributed by atoms with van der Waals surface area (Å²) in [5, 5.41) is 3.59. The lowest BCUT2D eigenvalue weighted by atomic mass is 9.59. The normalized spacial score (nSPS) is 29.2. The molecule has 5 rings (SSSR count). The molecule has 28 heavy (non-hydrogen) atoms. The van der Waals surface area contributed by atoms with Gasteiger partial charge < -0.3 is 10.1 Å². The van der Waals surface area contributed by atoms with Crippen molar-refractivity contribution in [3.8, 4) is 5.75 Å². The van der Waals surface area contributed by atoms with Crippen molar-refractivity contribution in [2.75, 3.05) is 25.5 Å². The van der Waals surface area contributed by atoms with E-state index in [1.165, 1.54) is 38.8 Å². The van der Waals surface area contributed by atoms with E-state index >= 15 is 0 Å². The van der Waals surface area contributed by atoms with Crippen LogP contribution in [-0.2, 0) is 11.8 Å². The standard InChI is InChI=1S/C25H32N2O/c1-17-23-14-19-10-11-20(26-22-6-4-5-7-24(22)28-3)15-21(19)25(17,2)12-13-27(23)16-18-8-9-18/h4-7,10-11,15,17-18,23,26H,8-9,12-14,16H2,1-3H3/t17-,23?,25-/m0/s1. The van der Waals surface area contributed by atoms with Crippen LogP contribution in [0.25, 0.3) is 0 Å². The summed E-state index contributed by atoms with van der Waals surface area (Å²) in [5.74, 6) is 2.56. The van der Waals surface area contributed by atoms with Gasteiger partial charge in [0.05, 0.1) is 12.8 Å². The molecule has 2 aromatic carbocycles. The van der Waals surface area contributed by atoms with Crippen molar-refractivity contribution >= 4 is 11.4 Å². The highest BCUT2D eigenvalue weighted by Gasteiger charge is 2.49. The molecule has 0 spiro atoms. The first-order valence-corrected chi connectivity index (χ1v) is 10.9. The Morgan fingerprint density at radius 3 is 2.79 bits per heavy atom. The number of benzene rings is 2. The molecule has 1 saturated carbocycles. The molecule has 0 amide bonds. The quantitative estimate of drug-likeness (QED) is 0.759. The predicted octanol–water partition coefficient (Wildman–Crippen LogP) is 5.37. The maximum atomic E-state index is 5.51. The second-order valence-corrected chi connectivity index (χ2v) is 9.36. The van der Waals surface area contributed by atoms with E-state index in [2.05, 4.69) is 48.3 Å². The number of ether oxygens (including phenoxy) is 1. The first kappa shape index (κ1) is 18.1. The summed E-state index contributed by atoms with van der Waals surface area (Å²) in [6.45, 7) is 7.58. The van der Waals surface area contributed by atoms with Gasteiger partial charge >= 0.3 is 0 Å². The average Bonchev–Trinajstić information content (AvgIpc) is 3.52. The van der Waals surface area contributed by atoms with Gasteiger partial charge in [-0.3, -0.25) is 4.90 Å². The van der Waals surface area contributed by atoms with Crippen molar-refractivity contribution in [2.24, 2.45) is 11.8 Å². The fraction of sp³-hybridized carbons (Fsp3) is 0.520. The van der Waals surface area contributed by atoms with Gasteiger partial charge in [0.25, 0.3) is 0 Å². The Labute approximate surface area is 169 Å². The largest absolute Gasteiger partial charge is 0.495 e. The Balaban J connectivity index is 1.45. The average molecular weight is 377 g/mol. The number of likely N-dealkylation sites (tertiary alicyclic amines) is 1. The van der Waals surface area contributed by atoms with Gasteiger partial charge in [-0.25, -0.2) is 0 Å². The summed E-state index contributed by atoms with van der Waals surface area (Å²) in [4.78, 5) is 2.81. The highest BCUT2D eigenvalue weighted by Crippen LogP contribution is 2.50. The molecule has 3 atom stereocenters. The van der Waals surface area contributed by atoms with Crippen LogP contribution in [0.1, 0.15) is 44.2 Å². The minimum atomic E-state index is 0.275. The molecule has 1 aliphatic heterocycles. The minimum absolute atomic E-state index is 0.275. The Morgan fingerprint density at radius 2 is 2.00 bits per heavy atom. The summed E-state index contributed by atoms with van der Waals surface area (Å²) in [6.07, 6.45) is 5.36. The van der Waals surface area contributed by atoms with Crippen molar-refractivity contribution in [2.45, 2.75) is 51.0 Å². The fourth-order valence-electron chi connectivity index (χ4n) is 5.55. The zero-order valence-corrected chi connectivity index (χ0v) is 17.4. The number of rotatable bonds is 5. The number of methoxy groups -OCH3 is 1. The second-order valence-electron chi connectivity index (χ2n) is 9.36. The van der Waals surface area contributed by atoms with Crippen molar-refractivity contribution in [1.82, 2.24) is 4.90 Å². The topological polar surface area (TPSA) is 24.5 Å². The third-order valence-corrected chi connectivity index (χ3v) is 7.70. The van der Waals surface area contributed by atoms with Crippen molar-refractivity contribution in [3.63, 3.8) is 0 Å². The van der Waals surface area contributed by atoms with E-state index < -0.39 is 0 Å². The number of hydrogen-bond acceptors (Lipinski definition) is 3. The van der Waals surface area contributed by atoms with E-state index in [1.54, 1.807) is 18.2 Å². The molecular weight excluding hydrogens is 344 g/mol. The first-order valence-electron chi connectivity index (χ1n) is 10.9. The van der Waals surface area contributed by atoms with E-state index in [1.807, 2.05) is 18.2 Å². The maximum absolute atomic E-state index is 5.51. The van der Waals surface area contributed by atoms with Gasteiger partial charge in [0, 0.05) is 18.3 Å². The van der Waals surface area contributed by atoms with Crippen LogP contribution in [0.5, 0.6) is 5.75 Å². The predicted molar refractivity (Wildman–Crippen MR) is 116 cm³/mol. The van der Waals surface area contributed by atoms with E-state index in [-0.39, 0.29) is 5.41 Å². The SMILES string of the molecule is COc1ccccc1Nc1ccc2c(c1)[C@@]1(C)CCN(CC3CC3)C(C2)[C@@H]1C. The summed E-state index contributed by atoms with van der Waals surface area (Å²) in [6, 6.07) is 15.9. The third kappa shape index (κ3) is 3.00. The molecule has 1 unspecified atom stereocenters. The molecule has 0 aromatic heterocycles. The Bertz CT molecular complexity index is 875. The summed E-state index contributed by atoms with van der Waals surface area (Å²) < 4.78 is 5.51. The second kappa shape index (κ2) is 6.81. The molecule has 2 aliphatic carbocycles. The lowest BCUT2D eigenvalue weighted by Crippen LogP contribution is -2.58. The number of anilines is 2. The highest BCUT2D eigenvalue weighted by molar-refractivity contribution is 5.67. The van der Waals surface area contributed by atoms with Crippen LogP contribution in [0.15, 0.2) is 42.5 Å². The molecule has 2 fully saturated rings. The van der Waals surface area contributed by atoms with Crippen LogP contribution in [0.4, 0.5) is 11.4 Å². The van der Waals surface area contributed by atoms with Crippen LogP contribution in [0.2, 0.25) is 0 Å². The molecule has 3 heteroatoms. The lowest BCUT2D eigenvalue weighted by molar-refractivity contribution is 0.0284. The van der Waals surface area contributed by atoms with Gasteiger partial charge in [-0.2, -0.15) is 0 Å². The number of para-hydroxylation sites is 2. The van der Waals surface area contributed by atoms with E-state index in [4.69, 9.17) is 4.74 Å². The number of nitrogens with one attached hydrogen (secondary N) is 1. The Morgan fingerprint density at radius 1 is 1.18 bits per heavy atom. The van der Waals surface area contributed by atoms with Crippen molar-refractivity contribution in [1.29, 1.82) is 0 Å². The molecule has 3 aliphatic rings. The number of fused-ring (bicyclic) bond motifs is 4. The van der Waals surface area contributed by atoms with Crippen molar-refractivity contribution in [3.05, 3.63) is 53.6 Å². The first-order chi connectivity index (χ1) is 13.6. The van der Waals surface area contributed by atoms with Gasteiger partial charge in [-0.1, -0.05) is 32.0 Å². The van der Waals surface area contributed by atoms with Crippen LogP contribution in [0.3, 0.4) is 0 Å². The van der Waals surface area contributed by atoms with E-state index in [0.717, 1.165) is 23.0 Å². The van der Waals surface area contributed by atoms with Crippen molar-refractivity contribution < 1.29 is 4.74 Å². The highest BCUT2D eigenvalue weighted by atomic mass is 16.5. The number of piperidine rings is 1. The smallest absolute Gasteiger partial charge is 0.142 e. The summed E-state index contributed by atoms with van der Waals surface area (Å²) in [7, 11) is 1.73.